The highest BCUT2D eigenvalue weighted by molar-refractivity contribution is 9.10. The number of nitrogens with two attached hydrogens (primary N) is 1. The highest BCUT2D eigenvalue weighted by Crippen LogP contribution is 2.27. The number of rotatable bonds is 5. The predicted octanol–water partition coefficient (Wildman–Crippen LogP) is 5.25. The summed E-state index contributed by atoms with van der Waals surface area (Å²) in [6.07, 6.45) is 7.48. The minimum atomic E-state index is 0.305. The van der Waals surface area contributed by atoms with Crippen molar-refractivity contribution in [2.75, 3.05) is 6.54 Å². The van der Waals surface area contributed by atoms with Crippen LogP contribution >= 0.6 is 27.5 Å². The van der Waals surface area contributed by atoms with Crippen molar-refractivity contribution < 1.29 is 4.74 Å². The van der Waals surface area contributed by atoms with Crippen LogP contribution < -0.4 is 10.5 Å². The van der Waals surface area contributed by atoms with Gasteiger partial charge >= 0.3 is 0 Å². The van der Waals surface area contributed by atoms with Gasteiger partial charge in [-0.05, 0) is 84.2 Å². The van der Waals surface area contributed by atoms with Crippen LogP contribution in [0, 0.1) is 13.8 Å². The molecule has 29 heavy (non-hydrogen) atoms. The molecule has 8 heteroatoms. The van der Waals surface area contributed by atoms with Crippen LogP contribution in [-0.2, 0) is 0 Å². The molecule has 0 saturated heterocycles. The van der Waals surface area contributed by atoms with Gasteiger partial charge < -0.3 is 10.5 Å². The molecule has 0 aliphatic carbocycles. The number of amidine groups is 1. The molecule has 0 unspecified atom stereocenters. The number of nitrogens with zero attached hydrogens (tertiary/aromatic N) is 4. The monoisotopic (exact) mass is 473 g/mol. The number of ether oxygens (including phenoxy) is 1. The third-order valence-electron chi connectivity index (χ3n) is 4.16. The van der Waals surface area contributed by atoms with Gasteiger partial charge in [0, 0.05) is 12.4 Å². The molecule has 1 aromatic carbocycles. The smallest absolute Gasteiger partial charge is 0.150 e. The van der Waals surface area contributed by atoms with E-state index < -0.39 is 0 Å². The second kappa shape index (κ2) is 9.24. The Balaban J connectivity index is 1.77. The zero-order valence-electron chi connectivity index (χ0n) is 16.4. The van der Waals surface area contributed by atoms with E-state index >= 15 is 0 Å². The van der Waals surface area contributed by atoms with Crippen LogP contribution in [0.15, 0.2) is 62.9 Å². The summed E-state index contributed by atoms with van der Waals surface area (Å²) < 4.78 is 6.71. The number of halogens is 2. The Hall–Kier alpha value is -2.64. The van der Waals surface area contributed by atoms with Crippen molar-refractivity contribution in [3.05, 3.63) is 74.8 Å². The zero-order chi connectivity index (χ0) is 21.0. The number of aliphatic imine (C=N–C) groups is 1. The first kappa shape index (κ1) is 21.1. The van der Waals surface area contributed by atoms with Crippen LogP contribution in [0.2, 0.25) is 5.15 Å². The molecule has 0 amide bonds. The summed E-state index contributed by atoms with van der Waals surface area (Å²) in [5.74, 6) is 1.84. The number of aromatic nitrogens is 1. The summed E-state index contributed by atoms with van der Waals surface area (Å²) in [6.45, 7) is 6.42. The lowest BCUT2D eigenvalue weighted by Crippen LogP contribution is -2.16. The molecule has 2 heterocycles. The molecule has 0 atom stereocenters. The molecule has 2 aromatic rings. The minimum absolute atomic E-state index is 0.305. The molecule has 3 rings (SSSR count). The molecular formula is C21H21BrClN5O. The maximum Gasteiger partial charge on any atom is 0.150 e. The van der Waals surface area contributed by atoms with Gasteiger partial charge in [0.2, 0.25) is 0 Å². The fraction of sp³-hybridized carbons (Fsp3) is 0.190. The Morgan fingerprint density at radius 1 is 1.31 bits per heavy atom. The number of pyridine rings is 1. The van der Waals surface area contributed by atoms with Gasteiger partial charge in [-0.2, -0.15) is 5.10 Å². The fourth-order valence-electron chi connectivity index (χ4n) is 2.74. The summed E-state index contributed by atoms with van der Waals surface area (Å²) in [6, 6.07) is 7.51. The lowest BCUT2D eigenvalue weighted by Gasteiger charge is -2.18. The minimum Gasteiger partial charge on any atom is -0.457 e. The number of benzene rings is 1. The second-order valence-electron chi connectivity index (χ2n) is 6.39. The molecule has 0 fully saturated rings. The van der Waals surface area contributed by atoms with Crippen molar-refractivity contribution >= 4 is 45.3 Å². The lowest BCUT2D eigenvalue weighted by atomic mass is 10.2. The summed E-state index contributed by atoms with van der Waals surface area (Å²) >= 11 is 9.45. The van der Waals surface area contributed by atoms with Gasteiger partial charge in [0.25, 0.3) is 0 Å². The van der Waals surface area contributed by atoms with Gasteiger partial charge in [-0.1, -0.05) is 11.6 Å². The van der Waals surface area contributed by atoms with E-state index in [9.17, 15) is 0 Å². The Morgan fingerprint density at radius 2 is 2.10 bits per heavy atom. The summed E-state index contributed by atoms with van der Waals surface area (Å²) in [4.78, 5) is 8.81. The standard InChI is InChI=1S/C21H21BrClN5O/c1-4-25-28-9-7-16(8-10-28)29-18-6-5-15(11-13(18)2)26-21(24)19-14(3)12-17(22)20(23)27-19/h4-9,11-12H,10H2,1-3H3,(H2,24,26)/b25-4-. The number of hydrogen-bond donors (Lipinski definition) is 1. The topological polar surface area (TPSA) is 76.1 Å². The number of hydrazone groups is 1. The van der Waals surface area contributed by atoms with Crippen LogP contribution in [-0.4, -0.2) is 28.6 Å². The fourth-order valence-corrected chi connectivity index (χ4v) is 3.31. The summed E-state index contributed by atoms with van der Waals surface area (Å²) in [5, 5.41) is 6.37. The van der Waals surface area contributed by atoms with Crippen LogP contribution in [0.5, 0.6) is 5.75 Å². The maximum atomic E-state index is 6.17. The van der Waals surface area contributed by atoms with E-state index in [0.29, 0.717) is 28.9 Å². The van der Waals surface area contributed by atoms with Gasteiger partial charge in [-0.3, -0.25) is 5.01 Å². The van der Waals surface area contributed by atoms with E-state index in [1.54, 1.807) is 6.21 Å². The van der Waals surface area contributed by atoms with Crippen molar-refractivity contribution in [1.29, 1.82) is 0 Å². The van der Waals surface area contributed by atoms with Crippen molar-refractivity contribution in [3.8, 4) is 5.75 Å². The van der Waals surface area contributed by atoms with Crippen LogP contribution in [0.4, 0.5) is 5.69 Å². The van der Waals surface area contributed by atoms with E-state index in [1.165, 1.54) is 0 Å². The van der Waals surface area contributed by atoms with Crippen molar-refractivity contribution in [1.82, 2.24) is 9.99 Å². The molecule has 0 spiro atoms. The van der Waals surface area contributed by atoms with Crippen LogP contribution in [0.3, 0.4) is 0 Å². The molecule has 150 valence electrons. The third-order valence-corrected chi connectivity index (χ3v) is 5.28. The Kier molecular flexibility index (Phi) is 6.71. The quantitative estimate of drug-likeness (QED) is 0.365. The normalized spacial score (nSPS) is 14.4. The van der Waals surface area contributed by atoms with E-state index in [4.69, 9.17) is 22.1 Å². The average molecular weight is 475 g/mol. The van der Waals surface area contributed by atoms with E-state index in [2.05, 4.69) is 31.0 Å². The molecular weight excluding hydrogens is 454 g/mol. The third kappa shape index (κ3) is 5.25. The van der Waals surface area contributed by atoms with E-state index in [-0.39, 0.29) is 0 Å². The Labute approximate surface area is 183 Å². The van der Waals surface area contributed by atoms with Crippen molar-refractivity contribution in [2.24, 2.45) is 15.8 Å². The molecule has 6 nitrogen and oxygen atoms in total. The largest absolute Gasteiger partial charge is 0.457 e. The van der Waals surface area contributed by atoms with Gasteiger partial charge in [-0.25, -0.2) is 9.98 Å². The molecule has 0 saturated carbocycles. The molecule has 0 bridgehead atoms. The van der Waals surface area contributed by atoms with Crippen LogP contribution in [0.1, 0.15) is 23.7 Å². The Bertz CT molecular complexity index is 1050. The first-order valence-corrected chi connectivity index (χ1v) is 10.1. The molecule has 1 aliphatic rings. The Morgan fingerprint density at radius 3 is 2.76 bits per heavy atom. The number of allylic oxidation sites excluding steroid dienone is 1. The first-order valence-electron chi connectivity index (χ1n) is 8.96. The van der Waals surface area contributed by atoms with Crippen molar-refractivity contribution in [3.63, 3.8) is 0 Å². The molecule has 1 aromatic heterocycles. The number of aryl methyl sites for hydroxylation is 2. The highest BCUT2D eigenvalue weighted by atomic mass is 79.9. The van der Waals surface area contributed by atoms with Gasteiger partial charge in [0.05, 0.1) is 16.7 Å². The number of hydrogen-bond acceptors (Lipinski definition) is 5. The van der Waals surface area contributed by atoms with Gasteiger partial charge in [-0.15, -0.1) is 0 Å². The maximum absolute atomic E-state index is 6.17. The molecule has 2 N–H and O–H groups in total. The molecule has 1 aliphatic heterocycles. The highest BCUT2D eigenvalue weighted by Gasteiger charge is 2.11. The lowest BCUT2D eigenvalue weighted by molar-refractivity contribution is 0.393. The van der Waals surface area contributed by atoms with Gasteiger partial charge in [0.1, 0.15) is 28.2 Å². The predicted molar refractivity (Wildman–Crippen MR) is 122 cm³/mol. The second-order valence-corrected chi connectivity index (χ2v) is 7.61. The first-order chi connectivity index (χ1) is 13.9. The van der Waals surface area contributed by atoms with Gasteiger partial charge in [0.15, 0.2) is 0 Å². The van der Waals surface area contributed by atoms with E-state index in [0.717, 1.165) is 27.1 Å². The van der Waals surface area contributed by atoms with Crippen LogP contribution in [0.25, 0.3) is 0 Å². The SMILES string of the molecule is C/C=N\N1C=CC(Oc2ccc(N=C(N)c3nc(Cl)c(Br)cc3C)cc2C)=CC1. The molecule has 0 radical (unpaired) electrons. The van der Waals surface area contributed by atoms with Crippen molar-refractivity contribution in [2.45, 2.75) is 20.8 Å². The zero-order valence-corrected chi connectivity index (χ0v) is 18.7. The van der Waals surface area contributed by atoms with E-state index in [1.807, 2.05) is 68.4 Å². The summed E-state index contributed by atoms with van der Waals surface area (Å²) in [5.41, 5.74) is 9.28. The summed E-state index contributed by atoms with van der Waals surface area (Å²) in [7, 11) is 0. The average Bonchev–Trinajstić information content (AvgIpc) is 2.68.